The summed E-state index contributed by atoms with van der Waals surface area (Å²) >= 11 is 0. The summed E-state index contributed by atoms with van der Waals surface area (Å²) in [6.45, 7) is 2.74. The number of nitrogen functional groups attached to an aromatic ring is 1. The van der Waals surface area contributed by atoms with Crippen LogP contribution < -0.4 is 11.3 Å². The van der Waals surface area contributed by atoms with Gasteiger partial charge in [-0.15, -0.1) is 0 Å². The smallest absolute Gasteiger partial charge is 0.305 e. The van der Waals surface area contributed by atoms with E-state index < -0.39 is 5.56 Å². The molecule has 0 amide bonds. The molecule has 0 fully saturated rings. The van der Waals surface area contributed by atoms with Crippen LogP contribution in [0.15, 0.2) is 11.1 Å². The number of esters is 1. The molecule has 1 unspecified atom stereocenters. The number of hydrogen-bond acceptors (Lipinski definition) is 7. The molecule has 0 aromatic carbocycles. The molecule has 9 nitrogen and oxygen atoms in total. The highest BCUT2D eigenvalue weighted by molar-refractivity contribution is 5.70. The molecule has 0 saturated carbocycles. The number of aldehydes is 1. The molecule has 0 aliphatic rings. The van der Waals surface area contributed by atoms with E-state index in [1.807, 2.05) is 0 Å². The van der Waals surface area contributed by atoms with Crippen molar-refractivity contribution in [1.29, 1.82) is 0 Å². The molecule has 208 valence electrons. The van der Waals surface area contributed by atoms with Crippen LogP contribution in [0, 0.1) is 5.92 Å². The fraction of sp³-hybridized carbons (Fsp3) is 0.750. The molecule has 2 rings (SSSR count). The van der Waals surface area contributed by atoms with Crippen molar-refractivity contribution in [2.24, 2.45) is 5.92 Å². The number of ether oxygens (including phenoxy) is 1. The molecule has 37 heavy (non-hydrogen) atoms. The maximum atomic E-state index is 12.2. The summed E-state index contributed by atoms with van der Waals surface area (Å²) in [5, 5.41) is 0. The molecule has 2 aromatic rings. The Balaban J connectivity index is 1.52. The lowest BCUT2D eigenvalue weighted by Crippen LogP contribution is -2.20. The van der Waals surface area contributed by atoms with Gasteiger partial charge in [0.2, 0.25) is 5.95 Å². The predicted octanol–water partition coefficient (Wildman–Crippen LogP) is 5.71. The normalized spacial score (nSPS) is 12.1. The van der Waals surface area contributed by atoms with Crippen LogP contribution in [0.25, 0.3) is 11.2 Å². The van der Waals surface area contributed by atoms with Crippen molar-refractivity contribution in [2.75, 3.05) is 12.3 Å². The Labute approximate surface area is 221 Å². The molecular formula is C28H47N5O4. The highest BCUT2D eigenvalue weighted by atomic mass is 16.5. The molecule has 0 bridgehead atoms. The number of nitrogens with two attached hydrogens (primary N) is 1. The SMILES string of the molecule is CCCCCCCCCCCCCCCCCC(=O)OCC(CC=O)Cn1cnc2c(=O)[nH]c(N)nc21. The Bertz CT molecular complexity index is 971. The lowest BCUT2D eigenvalue weighted by atomic mass is 10.0. The number of anilines is 1. The topological polar surface area (TPSA) is 133 Å². The molecule has 0 aliphatic carbocycles. The van der Waals surface area contributed by atoms with Gasteiger partial charge in [-0.1, -0.05) is 96.8 Å². The van der Waals surface area contributed by atoms with Crippen LogP contribution in [0.5, 0.6) is 0 Å². The van der Waals surface area contributed by atoms with E-state index in [0.717, 1.165) is 25.5 Å². The first-order valence-corrected chi connectivity index (χ1v) is 14.3. The Morgan fingerprint density at radius 2 is 1.57 bits per heavy atom. The van der Waals surface area contributed by atoms with Gasteiger partial charge in [0.25, 0.3) is 5.56 Å². The van der Waals surface area contributed by atoms with Gasteiger partial charge in [-0.2, -0.15) is 4.98 Å². The summed E-state index contributed by atoms with van der Waals surface area (Å²) in [6.07, 6.45) is 22.2. The van der Waals surface area contributed by atoms with E-state index in [4.69, 9.17) is 10.5 Å². The van der Waals surface area contributed by atoms with Crippen molar-refractivity contribution in [1.82, 2.24) is 19.5 Å². The second-order valence-electron chi connectivity index (χ2n) is 10.2. The number of unbranched alkanes of at least 4 members (excludes halogenated alkanes) is 14. The van der Waals surface area contributed by atoms with E-state index in [1.165, 1.54) is 83.4 Å². The monoisotopic (exact) mass is 517 g/mol. The maximum Gasteiger partial charge on any atom is 0.305 e. The molecule has 2 aromatic heterocycles. The second-order valence-corrected chi connectivity index (χ2v) is 10.2. The zero-order valence-corrected chi connectivity index (χ0v) is 22.7. The van der Waals surface area contributed by atoms with Gasteiger partial charge in [-0.05, 0) is 6.42 Å². The average Bonchev–Trinajstić information content (AvgIpc) is 3.27. The van der Waals surface area contributed by atoms with Crippen LogP contribution in [-0.2, 0) is 20.9 Å². The highest BCUT2D eigenvalue weighted by Crippen LogP contribution is 2.15. The van der Waals surface area contributed by atoms with Crippen molar-refractivity contribution in [2.45, 2.75) is 123 Å². The number of aromatic nitrogens is 4. The number of carbonyl (C=O) groups excluding carboxylic acids is 2. The van der Waals surface area contributed by atoms with Gasteiger partial charge in [-0.3, -0.25) is 14.6 Å². The van der Waals surface area contributed by atoms with Crippen LogP contribution in [0.1, 0.15) is 116 Å². The maximum absolute atomic E-state index is 12.2. The first-order chi connectivity index (χ1) is 18.0. The summed E-state index contributed by atoms with van der Waals surface area (Å²) in [5.41, 5.74) is 5.76. The second kappa shape index (κ2) is 18.5. The van der Waals surface area contributed by atoms with E-state index in [0.29, 0.717) is 18.6 Å². The molecule has 0 radical (unpaired) electrons. The number of rotatable bonds is 22. The minimum atomic E-state index is -0.414. The Hall–Kier alpha value is -2.71. The fourth-order valence-electron chi connectivity index (χ4n) is 4.64. The lowest BCUT2D eigenvalue weighted by molar-refractivity contribution is -0.145. The Morgan fingerprint density at radius 3 is 2.14 bits per heavy atom. The van der Waals surface area contributed by atoms with E-state index in [9.17, 15) is 14.4 Å². The minimum absolute atomic E-state index is 0.00103. The third-order valence-corrected chi connectivity index (χ3v) is 6.84. The fourth-order valence-corrected chi connectivity index (χ4v) is 4.64. The summed E-state index contributed by atoms with van der Waals surface area (Å²) in [6, 6.07) is 0. The van der Waals surface area contributed by atoms with E-state index in [1.54, 1.807) is 4.57 Å². The van der Waals surface area contributed by atoms with Crippen LogP contribution in [0.4, 0.5) is 5.95 Å². The molecule has 3 N–H and O–H groups in total. The minimum Gasteiger partial charge on any atom is -0.465 e. The first kappa shape index (κ1) is 30.5. The van der Waals surface area contributed by atoms with Gasteiger partial charge in [0.05, 0.1) is 12.9 Å². The number of carbonyl (C=O) groups is 2. The van der Waals surface area contributed by atoms with Crippen molar-refractivity contribution in [3.8, 4) is 0 Å². The largest absolute Gasteiger partial charge is 0.465 e. The van der Waals surface area contributed by atoms with Gasteiger partial charge in [0, 0.05) is 25.3 Å². The van der Waals surface area contributed by atoms with Crippen LogP contribution in [0.3, 0.4) is 0 Å². The summed E-state index contributed by atoms with van der Waals surface area (Å²) in [4.78, 5) is 45.9. The van der Waals surface area contributed by atoms with Gasteiger partial charge in [0.15, 0.2) is 11.2 Å². The number of aromatic amines is 1. The third kappa shape index (κ3) is 12.4. The Morgan fingerprint density at radius 1 is 1.00 bits per heavy atom. The molecule has 0 saturated heterocycles. The van der Waals surface area contributed by atoms with Crippen molar-refractivity contribution >= 4 is 29.4 Å². The number of fused-ring (bicyclic) bond motifs is 1. The lowest BCUT2D eigenvalue weighted by Gasteiger charge is -2.15. The van der Waals surface area contributed by atoms with E-state index in [2.05, 4.69) is 21.9 Å². The summed E-state index contributed by atoms with van der Waals surface area (Å²) in [7, 11) is 0. The molecule has 9 heteroatoms. The molecular weight excluding hydrogens is 470 g/mol. The number of imidazole rings is 1. The predicted molar refractivity (Wildman–Crippen MR) is 147 cm³/mol. The molecule has 2 heterocycles. The standard InChI is InChI=1S/C28H47N5O4/c1-2-3-4-5-6-7-8-9-10-11-12-13-14-15-16-17-24(35)37-21-23(18-19-34)20-33-22-30-25-26(33)31-28(29)32-27(25)36/h19,22-23H,2-18,20-21H2,1H3,(H3,29,31,32,36). The van der Waals surface area contributed by atoms with Gasteiger partial charge in [0.1, 0.15) is 6.29 Å². The molecule has 0 aliphatic heterocycles. The third-order valence-electron chi connectivity index (χ3n) is 6.84. The van der Waals surface area contributed by atoms with Crippen LogP contribution in [0.2, 0.25) is 0 Å². The number of nitrogens with zero attached hydrogens (tertiary/aromatic N) is 3. The van der Waals surface area contributed by atoms with Crippen molar-refractivity contribution < 1.29 is 14.3 Å². The van der Waals surface area contributed by atoms with Crippen molar-refractivity contribution in [3.05, 3.63) is 16.7 Å². The first-order valence-electron chi connectivity index (χ1n) is 14.3. The average molecular weight is 518 g/mol. The van der Waals surface area contributed by atoms with E-state index >= 15 is 0 Å². The zero-order chi connectivity index (χ0) is 26.7. The molecule has 0 spiro atoms. The summed E-state index contributed by atoms with van der Waals surface area (Å²) in [5.74, 6) is -0.469. The zero-order valence-electron chi connectivity index (χ0n) is 22.7. The van der Waals surface area contributed by atoms with Crippen molar-refractivity contribution in [3.63, 3.8) is 0 Å². The number of nitrogens with one attached hydrogen (secondary N) is 1. The van der Waals surface area contributed by atoms with Crippen LogP contribution >= 0.6 is 0 Å². The number of hydrogen-bond donors (Lipinski definition) is 2. The quantitative estimate of drug-likeness (QED) is 0.116. The molecule has 1 atom stereocenters. The van der Waals surface area contributed by atoms with E-state index in [-0.39, 0.29) is 36.4 Å². The Kier molecular flexibility index (Phi) is 15.3. The van der Waals surface area contributed by atoms with Gasteiger partial charge >= 0.3 is 5.97 Å². The van der Waals surface area contributed by atoms with Gasteiger partial charge < -0.3 is 19.8 Å². The van der Waals surface area contributed by atoms with Crippen LogP contribution in [-0.4, -0.2) is 38.4 Å². The summed E-state index contributed by atoms with van der Waals surface area (Å²) < 4.78 is 7.10. The van der Waals surface area contributed by atoms with Gasteiger partial charge in [-0.25, -0.2) is 4.98 Å². The highest BCUT2D eigenvalue weighted by Gasteiger charge is 2.16. The number of H-pyrrole nitrogens is 1.